The van der Waals surface area contributed by atoms with Crippen LogP contribution in [0.4, 0.5) is 0 Å². The largest absolute Gasteiger partial charge is 0.508 e. The number of fused-ring (bicyclic) bond motifs is 1. The van der Waals surface area contributed by atoms with Gasteiger partial charge < -0.3 is 20.2 Å². The number of carbonyl (C=O) groups excluding carboxylic acids is 1. The number of aromatic amines is 1. The number of H-pyrrole nitrogens is 1. The highest BCUT2D eigenvalue weighted by Crippen LogP contribution is 2.44. The molecule has 1 aliphatic rings. The third-order valence-corrected chi connectivity index (χ3v) is 4.77. The summed E-state index contributed by atoms with van der Waals surface area (Å²) < 4.78 is 0. The molecule has 0 saturated heterocycles. The summed E-state index contributed by atoms with van der Waals surface area (Å²) in [7, 11) is 0. The van der Waals surface area contributed by atoms with Gasteiger partial charge in [-0.3, -0.25) is 9.89 Å². The fourth-order valence-corrected chi connectivity index (χ4v) is 3.59. The van der Waals surface area contributed by atoms with Crippen molar-refractivity contribution in [2.24, 2.45) is 0 Å². The monoisotopic (exact) mass is 365 g/mol. The molecule has 0 fully saturated rings. The van der Waals surface area contributed by atoms with Gasteiger partial charge in [0.1, 0.15) is 22.9 Å². The highest BCUT2D eigenvalue weighted by atomic mass is 16.3. The number of hydrogen-bond donors (Lipinski definition) is 4. The second-order valence-electron chi connectivity index (χ2n) is 6.45. The molecule has 1 atom stereocenters. The molecule has 2 aromatic carbocycles. The predicted octanol–water partition coefficient (Wildman–Crippen LogP) is 2.42. The Hall–Kier alpha value is -3.32. The number of carbonyl (C=O) groups is 1. The van der Waals surface area contributed by atoms with Gasteiger partial charge in [0.2, 0.25) is 0 Å². The number of aliphatic hydroxyl groups is 1. The van der Waals surface area contributed by atoms with Gasteiger partial charge in [-0.05, 0) is 36.2 Å². The van der Waals surface area contributed by atoms with E-state index < -0.39 is 6.04 Å². The second-order valence-corrected chi connectivity index (χ2v) is 6.45. The average molecular weight is 365 g/mol. The van der Waals surface area contributed by atoms with E-state index in [1.165, 1.54) is 0 Å². The molecule has 7 heteroatoms. The van der Waals surface area contributed by atoms with Crippen molar-refractivity contribution in [3.05, 3.63) is 65.4 Å². The summed E-state index contributed by atoms with van der Waals surface area (Å²) in [4.78, 5) is 14.6. The van der Waals surface area contributed by atoms with E-state index in [0.29, 0.717) is 35.5 Å². The van der Waals surface area contributed by atoms with Gasteiger partial charge in [-0.2, -0.15) is 5.10 Å². The minimum atomic E-state index is -0.473. The molecule has 27 heavy (non-hydrogen) atoms. The Morgan fingerprint density at radius 1 is 1.11 bits per heavy atom. The summed E-state index contributed by atoms with van der Waals surface area (Å²) in [6, 6.07) is 13.1. The van der Waals surface area contributed by atoms with Gasteiger partial charge in [0.25, 0.3) is 5.91 Å². The molecule has 7 nitrogen and oxygen atoms in total. The zero-order valence-corrected chi connectivity index (χ0v) is 14.5. The Labute approximate surface area is 155 Å². The van der Waals surface area contributed by atoms with Gasteiger partial charge in [0.15, 0.2) is 0 Å². The first-order valence-corrected chi connectivity index (χ1v) is 8.69. The van der Waals surface area contributed by atoms with Crippen LogP contribution >= 0.6 is 0 Å². The number of amides is 1. The summed E-state index contributed by atoms with van der Waals surface area (Å²) in [6.45, 7) is 0.327. The quantitative estimate of drug-likeness (QED) is 0.555. The highest BCUT2D eigenvalue weighted by molar-refractivity contribution is 6.00. The zero-order valence-electron chi connectivity index (χ0n) is 14.5. The minimum absolute atomic E-state index is 0.0327. The van der Waals surface area contributed by atoms with Crippen molar-refractivity contribution < 1.29 is 20.1 Å². The molecule has 4 N–H and O–H groups in total. The van der Waals surface area contributed by atoms with Crippen LogP contribution in [-0.4, -0.2) is 49.5 Å². The van der Waals surface area contributed by atoms with Crippen molar-refractivity contribution in [2.75, 3.05) is 13.2 Å². The van der Waals surface area contributed by atoms with Gasteiger partial charge in [0.05, 0.1) is 6.04 Å². The lowest BCUT2D eigenvalue weighted by Gasteiger charge is -2.26. The fraction of sp³-hybridized carbons (Fsp3) is 0.200. The molecule has 4 rings (SSSR count). The molecule has 1 amide bonds. The van der Waals surface area contributed by atoms with Crippen molar-refractivity contribution in [1.29, 1.82) is 0 Å². The summed E-state index contributed by atoms with van der Waals surface area (Å²) in [5, 5.41) is 36.5. The van der Waals surface area contributed by atoms with Gasteiger partial charge in [-0.25, -0.2) is 0 Å². The fourth-order valence-electron chi connectivity index (χ4n) is 3.59. The van der Waals surface area contributed by atoms with Crippen LogP contribution in [0.3, 0.4) is 0 Å². The molecule has 0 aliphatic carbocycles. The molecule has 1 aromatic heterocycles. The van der Waals surface area contributed by atoms with Crippen LogP contribution in [0, 0.1) is 0 Å². The Morgan fingerprint density at radius 3 is 2.67 bits per heavy atom. The van der Waals surface area contributed by atoms with E-state index in [0.717, 1.165) is 5.56 Å². The number of nitrogens with one attached hydrogen (secondary N) is 1. The number of nitrogens with zero attached hydrogens (tertiary/aromatic N) is 2. The third kappa shape index (κ3) is 2.82. The van der Waals surface area contributed by atoms with Gasteiger partial charge in [-0.15, -0.1) is 0 Å². The van der Waals surface area contributed by atoms with Gasteiger partial charge >= 0.3 is 0 Å². The van der Waals surface area contributed by atoms with E-state index in [1.807, 2.05) is 6.07 Å². The highest BCUT2D eigenvalue weighted by Gasteiger charge is 2.42. The number of phenols is 2. The SMILES string of the molecule is O=C1c2[nH]nc(-c3ccccc3O)c2[C@@H](c2cccc(O)c2)N1CCCO. The topological polar surface area (TPSA) is 110 Å². The van der Waals surface area contributed by atoms with Crippen LogP contribution in [-0.2, 0) is 0 Å². The zero-order chi connectivity index (χ0) is 19.0. The van der Waals surface area contributed by atoms with Crippen LogP contribution in [0.2, 0.25) is 0 Å². The van der Waals surface area contributed by atoms with Crippen molar-refractivity contribution in [3.8, 4) is 22.8 Å². The normalized spacial score (nSPS) is 16.0. The first-order valence-electron chi connectivity index (χ1n) is 8.69. The maximum atomic E-state index is 12.9. The van der Waals surface area contributed by atoms with E-state index >= 15 is 0 Å². The minimum Gasteiger partial charge on any atom is -0.508 e. The van der Waals surface area contributed by atoms with Crippen molar-refractivity contribution in [1.82, 2.24) is 15.1 Å². The molecule has 138 valence electrons. The standard InChI is InChI=1S/C20H19N3O4/c24-10-4-9-23-19(12-5-3-6-13(25)11-12)16-17(21-22-18(16)20(23)27)14-7-1-2-8-15(14)26/h1-3,5-8,11,19,24-26H,4,9-10H2,(H,21,22)/t19-/m1/s1. The van der Waals surface area contributed by atoms with E-state index in [2.05, 4.69) is 10.2 Å². The predicted molar refractivity (Wildman–Crippen MR) is 98.4 cm³/mol. The number of aromatic nitrogens is 2. The molecule has 0 spiro atoms. The van der Waals surface area contributed by atoms with Crippen LogP contribution in [0.15, 0.2) is 48.5 Å². The number of aliphatic hydroxyl groups excluding tert-OH is 1. The van der Waals surface area contributed by atoms with Gasteiger partial charge in [0, 0.05) is 24.3 Å². The lowest BCUT2D eigenvalue weighted by Crippen LogP contribution is -2.31. The summed E-state index contributed by atoms with van der Waals surface area (Å²) >= 11 is 0. The Bertz CT molecular complexity index is 998. The molecular formula is C20H19N3O4. The smallest absolute Gasteiger partial charge is 0.273 e. The van der Waals surface area contributed by atoms with Crippen LogP contribution in [0.5, 0.6) is 11.5 Å². The average Bonchev–Trinajstić information content (AvgIpc) is 3.20. The Balaban J connectivity index is 1.89. The number of aromatic hydroxyl groups is 2. The van der Waals surface area contributed by atoms with Crippen LogP contribution < -0.4 is 0 Å². The molecular weight excluding hydrogens is 346 g/mol. The summed E-state index contributed by atoms with van der Waals surface area (Å²) in [6.07, 6.45) is 0.435. The van der Waals surface area contributed by atoms with Crippen LogP contribution in [0.25, 0.3) is 11.3 Å². The summed E-state index contributed by atoms with van der Waals surface area (Å²) in [5.74, 6) is -0.0493. The van der Waals surface area contributed by atoms with Gasteiger partial charge in [-0.1, -0.05) is 24.3 Å². The van der Waals surface area contributed by atoms with E-state index in [9.17, 15) is 20.1 Å². The van der Waals surface area contributed by atoms with E-state index in [-0.39, 0.29) is 24.0 Å². The molecule has 0 radical (unpaired) electrons. The number of benzene rings is 2. The molecule has 0 saturated carbocycles. The summed E-state index contributed by atoms with van der Waals surface area (Å²) in [5.41, 5.74) is 2.77. The van der Waals surface area contributed by atoms with Crippen molar-refractivity contribution >= 4 is 5.91 Å². The number of phenolic OH excluding ortho intramolecular Hbond substituents is 2. The number of rotatable bonds is 5. The molecule has 1 aliphatic heterocycles. The molecule has 0 bridgehead atoms. The van der Waals surface area contributed by atoms with Crippen molar-refractivity contribution in [2.45, 2.75) is 12.5 Å². The van der Waals surface area contributed by atoms with E-state index in [4.69, 9.17) is 0 Å². The van der Waals surface area contributed by atoms with Crippen LogP contribution in [0.1, 0.15) is 34.1 Å². The Kier molecular flexibility index (Phi) is 4.29. The Morgan fingerprint density at radius 2 is 1.93 bits per heavy atom. The van der Waals surface area contributed by atoms with Crippen molar-refractivity contribution in [3.63, 3.8) is 0 Å². The first-order chi connectivity index (χ1) is 13.1. The number of hydrogen-bond acceptors (Lipinski definition) is 5. The molecule has 2 heterocycles. The maximum absolute atomic E-state index is 12.9. The molecule has 0 unspecified atom stereocenters. The first kappa shape index (κ1) is 17.1. The lowest BCUT2D eigenvalue weighted by molar-refractivity contribution is 0.0732. The molecule has 3 aromatic rings. The lowest BCUT2D eigenvalue weighted by atomic mass is 9.95. The maximum Gasteiger partial charge on any atom is 0.273 e. The number of para-hydroxylation sites is 1. The third-order valence-electron chi connectivity index (χ3n) is 4.77. The second kappa shape index (κ2) is 6.77. The van der Waals surface area contributed by atoms with E-state index in [1.54, 1.807) is 47.4 Å².